The molecule has 1 aliphatic rings. The van der Waals surface area contributed by atoms with Gasteiger partial charge in [-0.2, -0.15) is 0 Å². The third kappa shape index (κ3) is 1.35. The average Bonchev–Trinajstić information content (AvgIpc) is 2.18. The van der Waals surface area contributed by atoms with Crippen LogP contribution in [-0.4, -0.2) is 18.8 Å². The molecule has 1 N–H and O–H groups in total. The fourth-order valence-corrected chi connectivity index (χ4v) is 1.54. The summed E-state index contributed by atoms with van der Waals surface area (Å²) in [6.45, 7) is 0.550. The van der Waals surface area contributed by atoms with Crippen LogP contribution in [-0.2, 0) is 0 Å². The average molecular weight is 180 g/mol. The molecule has 0 spiro atoms. The first-order valence-corrected chi connectivity index (χ1v) is 4.30. The van der Waals surface area contributed by atoms with Gasteiger partial charge in [0.15, 0.2) is 11.5 Å². The summed E-state index contributed by atoms with van der Waals surface area (Å²) in [5.41, 5.74) is 0.825. The summed E-state index contributed by atoms with van der Waals surface area (Å²) in [7, 11) is 1.60. The van der Waals surface area contributed by atoms with Gasteiger partial charge in [-0.05, 0) is 6.07 Å². The highest BCUT2D eigenvalue weighted by Crippen LogP contribution is 2.38. The van der Waals surface area contributed by atoms with Gasteiger partial charge >= 0.3 is 0 Å². The van der Waals surface area contributed by atoms with Gasteiger partial charge in [-0.3, -0.25) is 0 Å². The number of rotatable bonds is 1. The standard InChI is InChI=1S/C10H12O3/c1-12-9-4-2-3-7-8(11)5-6-13-10(7)9/h2-4,8,11H,5-6H2,1H3/t8-/m0/s1. The van der Waals surface area contributed by atoms with Gasteiger partial charge in [-0.25, -0.2) is 0 Å². The highest BCUT2D eigenvalue weighted by atomic mass is 16.5. The lowest BCUT2D eigenvalue weighted by Crippen LogP contribution is -2.14. The predicted octanol–water partition coefficient (Wildman–Crippen LogP) is 1.51. The van der Waals surface area contributed by atoms with Crippen molar-refractivity contribution in [2.24, 2.45) is 0 Å². The largest absolute Gasteiger partial charge is 0.493 e. The van der Waals surface area contributed by atoms with Crippen LogP contribution in [0, 0.1) is 0 Å². The van der Waals surface area contributed by atoms with Crippen molar-refractivity contribution in [3.63, 3.8) is 0 Å². The maximum absolute atomic E-state index is 9.65. The molecule has 0 saturated heterocycles. The summed E-state index contributed by atoms with van der Waals surface area (Å²) in [6, 6.07) is 5.55. The minimum atomic E-state index is -0.418. The van der Waals surface area contributed by atoms with Gasteiger partial charge in [0, 0.05) is 12.0 Å². The molecular formula is C10H12O3. The first-order chi connectivity index (χ1) is 6.33. The molecule has 1 aliphatic heterocycles. The van der Waals surface area contributed by atoms with Gasteiger partial charge in [0.25, 0.3) is 0 Å². The van der Waals surface area contributed by atoms with Gasteiger partial charge in [-0.1, -0.05) is 12.1 Å². The van der Waals surface area contributed by atoms with Gasteiger partial charge in [0.2, 0.25) is 0 Å². The second kappa shape index (κ2) is 3.26. The summed E-state index contributed by atoms with van der Waals surface area (Å²) < 4.78 is 10.6. The SMILES string of the molecule is COc1cccc2c1OCC[C@@H]2O. The molecule has 1 aromatic carbocycles. The van der Waals surface area contributed by atoms with E-state index in [1.54, 1.807) is 7.11 Å². The van der Waals surface area contributed by atoms with E-state index in [4.69, 9.17) is 9.47 Å². The van der Waals surface area contributed by atoms with Crippen molar-refractivity contribution in [1.29, 1.82) is 0 Å². The summed E-state index contributed by atoms with van der Waals surface area (Å²) in [5, 5.41) is 9.65. The fourth-order valence-electron chi connectivity index (χ4n) is 1.54. The smallest absolute Gasteiger partial charge is 0.166 e. The molecule has 0 amide bonds. The van der Waals surface area contributed by atoms with Gasteiger partial charge < -0.3 is 14.6 Å². The van der Waals surface area contributed by atoms with E-state index in [9.17, 15) is 5.11 Å². The van der Waals surface area contributed by atoms with E-state index >= 15 is 0 Å². The second-order valence-electron chi connectivity index (χ2n) is 3.03. The Kier molecular flexibility index (Phi) is 2.10. The van der Waals surface area contributed by atoms with Crippen LogP contribution >= 0.6 is 0 Å². The van der Waals surface area contributed by atoms with E-state index in [-0.39, 0.29) is 0 Å². The quantitative estimate of drug-likeness (QED) is 0.712. The number of hydrogen-bond donors (Lipinski definition) is 1. The third-order valence-corrected chi connectivity index (χ3v) is 2.23. The van der Waals surface area contributed by atoms with Crippen LogP contribution in [0.5, 0.6) is 11.5 Å². The van der Waals surface area contributed by atoms with Crippen molar-refractivity contribution < 1.29 is 14.6 Å². The Labute approximate surface area is 76.9 Å². The Hall–Kier alpha value is -1.22. The molecule has 3 nitrogen and oxygen atoms in total. The lowest BCUT2D eigenvalue weighted by Gasteiger charge is -2.23. The summed E-state index contributed by atoms with van der Waals surface area (Å²) in [4.78, 5) is 0. The van der Waals surface area contributed by atoms with Crippen molar-refractivity contribution in [3.05, 3.63) is 23.8 Å². The van der Waals surface area contributed by atoms with Crippen molar-refractivity contribution in [2.45, 2.75) is 12.5 Å². The van der Waals surface area contributed by atoms with Crippen molar-refractivity contribution in [3.8, 4) is 11.5 Å². The topological polar surface area (TPSA) is 38.7 Å². The first-order valence-electron chi connectivity index (χ1n) is 4.30. The number of para-hydroxylation sites is 1. The maximum Gasteiger partial charge on any atom is 0.166 e. The monoisotopic (exact) mass is 180 g/mol. The van der Waals surface area contributed by atoms with Gasteiger partial charge in [-0.15, -0.1) is 0 Å². The number of aliphatic hydroxyl groups excluding tert-OH is 1. The molecule has 1 heterocycles. The Balaban J connectivity index is 2.48. The van der Waals surface area contributed by atoms with Crippen molar-refractivity contribution in [1.82, 2.24) is 0 Å². The molecule has 70 valence electrons. The number of methoxy groups -OCH3 is 1. The van der Waals surface area contributed by atoms with Crippen LogP contribution in [0.15, 0.2) is 18.2 Å². The molecule has 0 aliphatic carbocycles. The Morgan fingerprint density at radius 1 is 1.54 bits per heavy atom. The van der Waals surface area contributed by atoms with E-state index in [0.29, 0.717) is 24.5 Å². The Morgan fingerprint density at radius 3 is 3.15 bits per heavy atom. The fraction of sp³-hybridized carbons (Fsp3) is 0.400. The zero-order chi connectivity index (χ0) is 9.26. The molecule has 3 heteroatoms. The zero-order valence-corrected chi connectivity index (χ0v) is 7.49. The first kappa shape index (κ1) is 8.38. The second-order valence-corrected chi connectivity index (χ2v) is 3.03. The number of ether oxygens (including phenoxy) is 2. The van der Waals surface area contributed by atoms with E-state index in [2.05, 4.69) is 0 Å². The number of fused-ring (bicyclic) bond motifs is 1. The molecule has 13 heavy (non-hydrogen) atoms. The van der Waals surface area contributed by atoms with Gasteiger partial charge in [0.05, 0.1) is 19.8 Å². The van der Waals surface area contributed by atoms with E-state index in [1.807, 2.05) is 18.2 Å². The van der Waals surface area contributed by atoms with E-state index < -0.39 is 6.10 Å². The van der Waals surface area contributed by atoms with Crippen LogP contribution in [0.25, 0.3) is 0 Å². The summed E-state index contributed by atoms with van der Waals surface area (Å²) in [6.07, 6.45) is 0.235. The third-order valence-electron chi connectivity index (χ3n) is 2.23. The minimum Gasteiger partial charge on any atom is -0.493 e. The molecule has 1 atom stereocenters. The Morgan fingerprint density at radius 2 is 2.38 bits per heavy atom. The van der Waals surface area contributed by atoms with E-state index in [1.165, 1.54) is 0 Å². The van der Waals surface area contributed by atoms with Gasteiger partial charge in [0.1, 0.15) is 0 Å². The van der Waals surface area contributed by atoms with E-state index in [0.717, 1.165) is 5.56 Å². The molecular weight excluding hydrogens is 168 g/mol. The van der Waals surface area contributed by atoms with Crippen molar-refractivity contribution >= 4 is 0 Å². The molecule has 0 aromatic heterocycles. The number of aliphatic hydroxyl groups is 1. The molecule has 0 unspecified atom stereocenters. The van der Waals surface area contributed by atoms with Crippen LogP contribution in [0.4, 0.5) is 0 Å². The van der Waals surface area contributed by atoms with Crippen LogP contribution in [0.2, 0.25) is 0 Å². The highest BCUT2D eigenvalue weighted by molar-refractivity contribution is 5.48. The number of benzene rings is 1. The number of hydrogen-bond acceptors (Lipinski definition) is 3. The van der Waals surface area contributed by atoms with Crippen molar-refractivity contribution in [2.75, 3.05) is 13.7 Å². The molecule has 0 saturated carbocycles. The predicted molar refractivity (Wildman–Crippen MR) is 48.1 cm³/mol. The summed E-state index contributed by atoms with van der Waals surface area (Å²) >= 11 is 0. The van der Waals surface area contributed by atoms with Crippen LogP contribution < -0.4 is 9.47 Å². The maximum atomic E-state index is 9.65. The lowest BCUT2D eigenvalue weighted by atomic mass is 10.0. The molecule has 0 bridgehead atoms. The molecule has 0 radical (unpaired) electrons. The lowest BCUT2D eigenvalue weighted by molar-refractivity contribution is 0.113. The zero-order valence-electron chi connectivity index (χ0n) is 7.49. The van der Waals surface area contributed by atoms with Crippen LogP contribution in [0.1, 0.15) is 18.1 Å². The Bertz CT molecular complexity index is 309. The minimum absolute atomic E-state index is 0.418. The van der Waals surface area contributed by atoms with Crippen LogP contribution in [0.3, 0.4) is 0 Å². The molecule has 1 aromatic rings. The normalized spacial score (nSPS) is 20.3. The molecule has 2 rings (SSSR count). The summed E-state index contributed by atoms with van der Waals surface area (Å²) in [5.74, 6) is 1.38. The highest BCUT2D eigenvalue weighted by Gasteiger charge is 2.21. The molecule has 0 fully saturated rings.